The van der Waals surface area contributed by atoms with Crippen LogP contribution in [0.3, 0.4) is 0 Å². The van der Waals surface area contributed by atoms with E-state index < -0.39 is 0 Å². The Bertz CT molecular complexity index is 1170. The molecule has 1 aromatic carbocycles. The van der Waals surface area contributed by atoms with Gasteiger partial charge in [-0.25, -0.2) is 4.98 Å². The van der Waals surface area contributed by atoms with Gasteiger partial charge in [0.1, 0.15) is 11.5 Å². The minimum atomic E-state index is 0.0459. The highest BCUT2D eigenvalue weighted by Gasteiger charge is 2.29. The Morgan fingerprint density at radius 1 is 1.13 bits per heavy atom. The Hall–Kier alpha value is -2.08. The fourth-order valence-corrected chi connectivity index (χ4v) is 4.56. The van der Waals surface area contributed by atoms with E-state index in [0.29, 0.717) is 33.4 Å². The average Bonchev–Trinajstić information content (AvgIpc) is 3.26. The second kappa shape index (κ2) is 7.88. The van der Waals surface area contributed by atoms with E-state index in [1.165, 1.54) is 6.42 Å². The monoisotopic (exact) mass is 460 g/mol. The molecule has 1 fully saturated rings. The first-order chi connectivity index (χ1) is 14.5. The third-order valence-electron chi connectivity index (χ3n) is 5.78. The van der Waals surface area contributed by atoms with Gasteiger partial charge in [0.05, 0.1) is 11.1 Å². The fraction of sp³-hybridized carbons (Fsp3) is 0.318. The lowest BCUT2D eigenvalue weighted by Crippen LogP contribution is -2.11. The molecule has 2 aliphatic carbocycles. The second-order valence-electron chi connectivity index (χ2n) is 7.69. The summed E-state index contributed by atoms with van der Waals surface area (Å²) in [5.74, 6) is 2.23. The normalized spacial score (nSPS) is 19.1. The van der Waals surface area contributed by atoms with E-state index in [1.807, 2.05) is 31.2 Å². The molecule has 0 amide bonds. The Labute approximate surface area is 189 Å². The van der Waals surface area contributed by atoms with Crippen molar-refractivity contribution in [1.29, 1.82) is 0 Å². The van der Waals surface area contributed by atoms with Crippen molar-refractivity contribution in [3.8, 4) is 23.0 Å². The van der Waals surface area contributed by atoms with Gasteiger partial charge in [0, 0.05) is 27.2 Å². The number of rotatable bonds is 4. The quantitative estimate of drug-likeness (QED) is 0.415. The highest BCUT2D eigenvalue weighted by atomic mass is 35.5. The van der Waals surface area contributed by atoms with Crippen molar-refractivity contribution in [2.24, 2.45) is 0 Å². The molecule has 0 spiro atoms. The summed E-state index contributed by atoms with van der Waals surface area (Å²) < 4.78 is 8.16. The van der Waals surface area contributed by atoms with Crippen LogP contribution < -0.4 is 0 Å². The molecule has 1 atom stereocenters. The number of imidazole rings is 1. The molecular weight excluding hydrogens is 443 g/mol. The minimum absolute atomic E-state index is 0.0459. The molecule has 154 valence electrons. The summed E-state index contributed by atoms with van der Waals surface area (Å²) in [6.45, 7) is 2.01. The summed E-state index contributed by atoms with van der Waals surface area (Å²) in [5, 5.41) is 10.4. The first kappa shape index (κ1) is 19.9. The van der Waals surface area contributed by atoms with E-state index in [2.05, 4.69) is 20.8 Å². The van der Waals surface area contributed by atoms with Gasteiger partial charge in [0.25, 0.3) is 5.89 Å². The van der Waals surface area contributed by atoms with E-state index in [9.17, 15) is 0 Å². The van der Waals surface area contributed by atoms with Crippen LogP contribution in [0.25, 0.3) is 23.0 Å². The molecule has 1 saturated carbocycles. The molecule has 0 bridgehead atoms. The third kappa shape index (κ3) is 3.49. The standard InChI is InChI=1S/C22H19Cl3N4O/c1-12-19(22-28-27-21(30-22)13-3-2-4-13)26-20(17-10-7-15(24)11-18(17)25)29(12)16-8-5-14(23)6-9-16/h5-8,10-11,13,16H,2-4,9H2,1H3. The molecular formula is C22H19Cl3N4O. The Kier molecular flexibility index (Phi) is 5.21. The molecule has 2 aromatic heterocycles. The number of hydrogen-bond acceptors (Lipinski definition) is 4. The van der Waals surface area contributed by atoms with Crippen molar-refractivity contribution in [2.45, 2.75) is 44.6 Å². The number of nitrogens with zero attached hydrogens (tertiary/aromatic N) is 4. The summed E-state index contributed by atoms with van der Waals surface area (Å²) in [5.41, 5.74) is 2.40. The zero-order chi connectivity index (χ0) is 20.8. The highest BCUT2D eigenvalue weighted by Crippen LogP contribution is 2.40. The Morgan fingerprint density at radius 2 is 1.97 bits per heavy atom. The summed E-state index contributed by atoms with van der Waals surface area (Å²) >= 11 is 18.8. The first-order valence-corrected chi connectivity index (χ1v) is 11.1. The maximum Gasteiger partial charge on any atom is 0.268 e. The maximum absolute atomic E-state index is 6.54. The largest absolute Gasteiger partial charge is 0.419 e. The van der Waals surface area contributed by atoms with E-state index in [1.54, 1.807) is 6.07 Å². The first-order valence-electron chi connectivity index (χ1n) is 9.93. The van der Waals surface area contributed by atoms with Gasteiger partial charge in [-0.15, -0.1) is 10.2 Å². The zero-order valence-corrected chi connectivity index (χ0v) is 18.5. The maximum atomic E-state index is 6.54. The van der Waals surface area contributed by atoms with Gasteiger partial charge in [-0.05, 0) is 50.5 Å². The number of hydrogen-bond donors (Lipinski definition) is 0. The second-order valence-corrected chi connectivity index (χ2v) is 8.97. The van der Waals surface area contributed by atoms with Crippen LogP contribution in [0.15, 0.2) is 45.9 Å². The minimum Gasteiger partial charge on any atom is -0.419 e. The van der Waals surface area contributed by atoms with Crippen LogP contribution >= 0.6 is 34.8 Å². The van der Waals surface area contributed by atoms with Crippen molar-refractivity contribution >= 4 is 34.8 Å². The summed E-state index contributed by atoms with van der Waals surface area (Å²) in [6.07, 6.45) is 10.1. The number of allylic oxidation sites excluding steroid dienone is 4. The molecule has 3 aromatic rings. The Morgan fingerprint density at radius 3 is 2.63 bits per heavy atom. The molecule has 5 rings (SSSR count). The van der Waals surface area contributed by atoms with Crippen LogP contribution in [0.2, 0.25) is 10.0 Å². The molecule has 8 heteroatoms. The average molecular weight is 462 g/mol. The molecule has 1 unspecified atom stereocenters. The van der Waals surface area contributed by atoms with Gasteiger partial charge >= 0.3 is 0 Å². The van der Waals surface area contributed by atoms with Crippen LogP contribution in [0.1, 0.15) is 49.2 Å². The smallest absolute Gasteiger partial charge is 0.268 e. The topological polar surface area (TPSA) is 56.7 Å². The summed E-state index contributed by atoms with van der Waals surface area (Å²) in [4.78, 5) is 4.90. The lowest BCUT2D eigenvalue weighted by molar-refractivity contribution is 0.338. The number of benzene rings is 1. The Balaban J connectivity index is 1.64. The van der Waals surface area contributed by atoms with Crippen LogP contribution in [0.4, 0.5) is 0 Å². The van der Waals surface area contributed by atoms with Gasteiger partial charge in [-0.2, -0.15) is 0 Å². The van der Waals surface area contributed by atoms with Crippen molar-refractivity contribution < 1.29 is 4.42 Å². The van der Waals surface area contributed by atoms with Crippen LogP contribution in [-0.2, 0) is 0 Å². The van der Waals surface area contributed by atoms with Crippen molar-refractivity contribution in [2.75, 3.05) is 0 Å². The molecule has 0 aliphatic heterocycles. The predicted octanol–water partition coefficient (Wildman–Crippen LogP) is 7.11. The summed E-state index contributed by atoms with van der Waals surface area (Å²) in [7, 11) is 0. The SMILES string of the molecule is Cc1c(-c2nnc(C3CCC3)o2)nc(-c2ccc(Cl)cc2Cl)n1C1C=CC(Cl)=CC1. The van der Waals surface area contributed by atoms with Crippen LogP contribution in [0, 0.1) is 6.92 Å². The van der Waals surface area contributed by atoms with Gasteiger partial charge in [0.2, 0.25) is 5.89 Å². The van der Waals surface area contributed by atoms with Crippen LogP contribution in [0.5, 0.6) is 0 Å². The number of halogens is 3. The molecule has 30 heavy (non-hydrogen) atoms. The van der Waals surface area contributed by atoms with Crippen molar-refractivity contribution in [3.63, 3.8) is 0 Å². The molecule has 5 nitrogen and oxygen atoms in total. The van der Waals surface area contributed by atoms with Crippen molar-refractivity contribution in [1.82, 2.24) is 19.7 Å². The third-order valence-corrected chi connectivity index (χ3v) is 6.61. The fourth-order valence-electron chi connectivity index (χ4n) is 3.91. The molecule has 2 aliphatic rings. The zero-order valence-electron chi connectivity index (χ0n) is 16.3. The van der Waals surface area contributed by atoms with Gasteiger partial charge in [-0.3, -0.25) is 0 Å². The van der Waals surface area contributed by atoms with Gasteiger partial charge in [0.15, 0.2) is 0 Å². The highest BCUT2D eigenvalue weighted by molar-refractivity contribution is 6.36. The molecule has 2 heterocycles. The summed E-state index contributed by atoms with van der Waals surface area (Å²) in [6, 6.07) is 5.47. The molecule has 0 radical (unpaired) electrons. The van der Waals surface area contributed by atoms with E-state index in [0.717, 1.165) is 41.4 Å². The van der Waals surface area contributed by atoms with Gasteiger partial charge < -0.3 is 8.98 Å². The molecule has 0 N–H and O–H groups in total. The van der Waals surface area contributed by atoms with Gasteiger partial charge in [-0.1, -0.05) is 53.4 Å². The lowest BCUT2D eigenvalue weighted by atomic mass is 9.85. The van der Waals surface area contributed by atoms with E-state index >= 15 is 0 Å². The predicted molar refractivity (Wildman–Crippen MR) is 119 cm³/mol. The molecule has 0 saturated heterocycles. The van der Waals surface area contributed by atoms with Crippen molar-refractivity contribution in [3.05, 3.63) is 63.1 Å². The van der Waals surface area contributed by atoms with E-state index in [4.69, 9.17) is 44.2 Å². The van der Waals surface area contributed by atoms with Crippen LogP contribution in [-0.4, -0.2) is 19.7 Å². The lowest BCUT2D eigenvalue weighted by Gasteiger charge is -2.21. The van der Waals surface area contributed by atoms with E-state index in [-0.39, 0.29) is 6.04 Å². The number of aromatic nitrogens is 4.